The number of carboxylic acid groups (broad SMARTS) is 1. The van der Waals surface area contributed by atoms with Gasteiger partial charge in [0.05, 0.1) is 18.6 Å². The molecule has 1 unspecified atom stereocenters. The Balaban J connectivity index is 1.94. The quantitative estimate of drug-likeness (QED) is 0.826. The number of benzene rings is 1. The molecule has 0 spiro atoms. The maximum absolute atomic E-state index is 13.5. The van der Waals surface area contributed by atoms with Gasteiger partial charge in [-0.1, -0.05) is 6.07 Å². The van der Waals surface area contributed by atoms with Gasteiger partial charge in [0.2, 0.25) is 0 Å². The van der Waals surface area contributed by atoms with Gasteiger partial charge < -0.3 is 19.9 Å². The van der Waals surface area contributed by atoms with Gasteiger partial charge in [-0.25, -0.2) is 4.39 Å². The van der Waals surface area contributed by atoms with Crippen molar-refractivity contribution in [3.8, 4) is 5.75 Å². The zero-order chi connectivity index (χ0) is 16.2. The van der Waals surface area contributed by atoms with Crippen LogP contribution in [-0.2, 0) is 14.3 Å². The number of carboxylic acids is 1. The first-order chi connectivity index (χ1) is 10.4. The first-order valence-electron chi connectivity index (χ1n) is 6.90. The predicted molar refractivity (Wildman–Crippen MR) is 75.2 cm³/mol. The maximum Gasteiger partial charge on any atom is 0.305 e. The minimum Gasteiger partial charge on any atom is -0.481 e. The lowest BCUT2D eigenvalue weighted by atomic mass is 9.94. The average molecular weight is 311 g/mol. The molecule has 1 aliphatic rings. The van der Waals surface area contributed by atoms with Crippen molar-refractivity contribution in [2.24, 2.45) is 0 Å². The summed E-state index contributed by atoms with van der Waals surface area (Å²) in [5.41, 5.74) is -0.111. The molecular formula is C15H18FNO5. The second-order valence-electron chi connectivity index (χ2n) is 5.42. The summed E-state index contributed by atoms with van der Waals surface area (Å²) in [6.45, 7) is 1.93. The minimum atomic E-state index is -1.02. The van der Waals surface area contributed by atoms with E-state index in [4.69, 9.17) is 14.6 Å². The Bertz CT molecular complexity index is 569. The molecule has 0 aromatic heterocycles. The molecule has 0 saturated carbocycles. The largest absolute Gasteiger partial charge is 0.481 e. The van der Waals surface area contributed by atoms with E-state index in [2.05, 4.69) is 5.32 Å². The Hall–Kier alpha value is -2.15. The van der Waals surface area contributed by atoms with E-state index in [1.165, 1.54) is 12.1 Å². The Kier molecular flexibility index (Phi) is 4.97. The van der Waals surface area contributed by atoms with Gasteiger partial charge in [-0.3, -0.25) is 9.59 Å². The number of amides is 1. The molecule has 22 heavy (non-hydrogen) atoms. The van der Waals surface area contributed by atoms with Gasteiger partial charge in [0.25, 0.3) is 5.91 Å². The van der Waals surface area contributed by atoms with E-state index in [-0.39, 0.29) is 25.4 Å². The normalized spacial score (nSPS) is 20.6. The summed E-state index contributed by atoms with van der Waals surface area (Å²) < 4.78 is 23.9. The van der Waals surface area contributed by atoms with Crippen molar-refractivity contribution in [3.05, 3.63) is 29.6 Å². The van der Waals surface area contributed by atoms with E-state index in [1.807, 2.05) is 0 Å². The van der Waals surface area contributed by atoms with Gasteiger partial charge in [0, 0.05) is 6.61 Å². The van der Waals surface area contributed by atoms with Crippen molar-refractivity contribution in [2.45, 2.75) is 25.3 Å². The maximum atomic E-state index is 13.5. The van der Waals surface area contributed by atoms with Crippen LogP contribution < -0.4 is 10.1 Å². The highest BCUT2D eigenvalue weighted by molar-refractivity contribution is 5.79. The van der Waals surface area contributed by atoms with Crippen LogP contribution in [0.1, 0.15) is 18.4 Å². The molecule has 0 bridgehead atoms. The van der Waals surface area contributed by atoms with Crippen molar-refractivity contribution >= 4 is 11.9 Å². The molecule has 120 valence electrons. The lowest BCUT2D eigenvalue weighted by Gasteiger charge is -2.26. The molecule has 1 heterocycles. The van der Waals surface area contributed by atoms with E-state index in [9.17, 15) is 14.0 Å². The standard InChI is InChI=1S/C15H18FNO5/c1-10-2-3-11(16)12(6-10)22-8-13(18)17-15(7-14(19)20)4-5-21-9-15/h2-3,6H,4-5,7-9H2,1H3,(H,17,18)(H,19,20). The van der Waals surface area contributed by atoms with E-state index < -0.39 is 23.2 Å². The van der Waals surface area contributed by atoms with Crippen LogP contribution in [0.5, 0.6) is 5.75 Å². The van der Waals surface area contributed by atoms with Crippen LogP contribution in [0.3, 0.4) is 0 Å². The first kappa shape index (κ1) is 16.2. The number of aryl methyl sites for hydroxylation is 1. The SMILES string of the molecule is Cc1ccc(F)c(OCC(=O)NC2(CC(=O)O)CCOC2)c1. The fourth-order valence-corrected chi connectivity index (χ4v) is 2.38. The van der Waals surface area contributed by atoms with Crippen LogP contribution in [0.2, 0.25) is 0 Å². The first-order valence-corrected chi connectivity index (χ1v) is 6.90. The fraction of sp³-hybridized carbons (Fsp3) is 0.467. The van der Waals surface area contributed by atoms with Crippen molar-refractivity contribution in [3.63, 3.8) is 0 Å². The van der Waals surface area contributed by atoms with Crippen molar-refractivity contribution in [2.75, 3.05) is 19.8 Å². The van der Waals surface area contributed by atoms with E-state index in [0.29, 0.717) is 13.0 Å². The van der Waals surface area contributed by atoms with Gasteiger partial charge in [0.1, 0.15) is 0 Å². The molecule has 1 amide bonds. The Morgan fingerprint density at radius 1 is 1.50 bits per heavy atom. The fourth-order valence-electron chi connectivity index (χ4n) is 2.38. The molecule has 2 rings (SSSR count). The summed E-state index contributed by atoms with van der Waals surface area (Å²) in [6.07, 6.45) is 0.196. The minimum absolute atomic E-state index is 0.00916. The van der Waals surface area contributed by atoms with Crippen LogP contribution >= 0.6 is 0 Å². The predicted octanol–water partition coefficient (Wildman–Crippen LogP) is 1.26. The Morgan fingerprint density at radius 3 is 2.91 bits per heavy atom. The summed E-state index contributed by atoms with van der Waals surface area (Å²) in [7, 11) is 0. The third-order valence-corrected chi connectivity index (χ3v) is 3.44. The van der Waals surface area contributed by atoms with Gasteiger partial charge in [-0.15, -0.1) is 0 Å². The molecule has 0 aliphatic carbocycles. The lowest BCUT2D eigenvalue weighted by molar-refractivity contribution is -0.139. The molecule has 7 heteroatoms. The zero-order valence-electron chi connectivity index (χ0n) is 12.2. The van der Waals surface area contributed by atoms with Crippen molar-refractivity contribution < 1.29 is 28.6 Å². The number of rotatable bonds is 6. The molecule has 1 atom stereocenters. The molecule has 1 aliphatic heterocycles. The van der Waals surface area contributed by atoms with Crippen molar-refractivity contribution in [1.29, 1.82) is 0 Å². The van der Waals surface area contributed by atoms with E-state index in [1.54, 1.807) is 13.0 Å². The van der Waals surface area contributed by atoms with Gasteiger partial charge in [-0.05, 0) is 31.0 Å². The average Bonchev–Trinajstić information content (AvgIpc) is 2.87. The van der Waals surface area contributed by atoms with Crippen LogP contribution in [0, 0.1) is 12.7 Å². The zero-order valence-corrected chi connectivity index (χ0v) is 12.2. The molecule has 1 aromatic rings. The summed E-state index contributed by atoms with van der Waals surface area (Å²) in [6, 6.07) is 4.35. The summed E-state index contributed by atoms with van der Waals surface area (Å²) in [5, 5.41) is 11.6. The third kappa shape index (κ3) is 4.17. The number of carbonyl (C=O) groups is 2. The second kappa shape index (κ2) is 6.74. The summed E-state index contributed by atoms with van der Waals surface area (Å²) in [5.74, 6) is -2.09. The van der Waals surface area contributed by atoms with Gasteiger partial charge in [-0.2, -0.15) is 0 Å². The molecule has 1 saturated heterocycles. The number of aliphatic carboxylic acids is 1. The number of ether oxygens (including phenoxy) is 2. The monoisotopic (exact) mass is 311 g/mol. The highest BCUT2D eigenvalue weighted by Gasteiger charge is 2.38. The number of hydrogen-bond donors (Lipinski definition) is 2. The molecule has 6 nitrogen and oxygen atoms in total. The number of carbonyl (C=O) groups excluding carboxylic acids is 1. The van der Waals surface area contributed by atoms with Crippen LogP contribution in [0.4, 0.5) is 4.39 Å². The molecular weight excluding hydrogens is 293 g/mol. The van der Waals surface area contributed by atoms with Crippen molar-refractivity contribution in [1.82, 2.24) is 5.32 Å². The van der Waals surface area contributed by atoms with E-state index in [0.717, 1.165) is 5.56 Å². The lowest BCUT2D eigenvalue weighted by Crippen LogP contribution is -2.51. The molecule has 1 aromatic carbocycles. The number of nitrogens with one attached hydrogen (secondary N) is 1. The molecule has 2 N–H and O–H groups in total. The second-order valence-corrected chi connectivity index (χ2v) is 5.42. The Morgan fingerprint density at radius 2 is 2.27 bits per heavy atom. The van der Waals surface area contributed by atoms with Crippen LogP contribution in [-0.4, -0.2) is 42.3 Å². The molecule has 1 fully saturated rings. The van der Waals surface area contributed by atoms with Crippen LogP contribution in [0.15, 0.2) is 18.2 Å². The highest BCUT2D eigenvalue weighted by Crippen LogP contribution is 2.23. The molecule has 0 radical (unpaired) electrons. The summed E-state index contributed by atoms with van der Waals surface area (Å²) >= 11 is 0. The highest BCUT2D eigenvalue weighted by atomic mass is 19.1. The van der Waals surface area contributed by atoms with E-state index >= 15 is 0 Å². The number of hydrogen-bond acceptors (Lipinski definition) is 4. The van der Waals surface area contributed by atoms with Gasteiger partial charge in [0.15, 0.2) is 18.2 Å². The smallest absolute Gasteiger partial charge is 0.305 e. The topological polar surface area (TPSA) is 84.9 Å². The van der Waals surface area contributed by atoms with Gasteiger partial charge >= 0.3 is 5.97 Å². The number of halogens is 1. The summed E-state index contributed by atoms with van der Waals surface area (Å²) in [4.78, 5) is 22.9. The van der Waals surface area contributed by atoms with Crippen LogP contribution in [0.25, 0.3) is 0 Å². The Labute approximate surface area is 127 Å². The third-order valence-electron chi connectivity index (χ3n) is 3.44.